The summed E-state index contributed by atoms with van der Waals surface area (Å²) in [6.07, 6.45) is 5.19. The number of aromatic nitrogens is 1. The molecule has 2 aromatic carbocycles. The van der Waals surface area contributed by atoms with Gasteiger partial charge in [0, 0.05) is 47.8 Å². The molecule has 0 radical (unpaired) electrons. The van der Waals surface area contributed by atoms with Crippen LogP contribution in [0.1, 0.15) is 41.2 Å². The number of halogens is 1. The summed E-state index contributed by atoms with van der Waals surface area (Å²) in [6.45, 7) is 0. The van der Waals surface area contributed by atoms with Crippen molar-refractivity contribution in [3.05, 3.63) is 90.0 Å². The molecule has 1 atom stereocenters. The zero-order chi connectivity index (χ0) is 21.8. The van der Waals surface area contributed by atoms with Crippen molar-refractivity contribution >= 4 is 23.2 Å². The van der Waals surface area contributed by atoms with E-state index in [9.17, 15) is 14.0 Å². The molecule has 0 spiro atoms. The number of amides is 2. The summed E-state index contributed by atoms with van der Waals surface area (Å²) in [7, 11) is 0. The third kappa shape index (κ3) is 5.13. The molecule has 0 saturated heterocycles. The maximum atomic E-state index is 13.3. The van der Waals surface area contributed by atoms with Crippen LogP contribution in [-0.2, 0) is 4.79 Å². The molecule has 1 aliphatic carbocycles. The topological polar surface area (TPSA) is 88.3 Å². The van der Waals surface area contributed by atoms with Gasteiger partial charge in [0.1, 0.15) is 5.82 Å². The molecule has 1 aromatic heterocycles. The number of anilines is 2. The van der Waals surface area contributed by atoms with Crippen LogP contribution in [-0.4, -0.2) is 22.8 Å². The third-order valence-electron chi connectivity index (χ3n) is 5.22. The Morgan fingerprint density at radius 2 is 1.68 bits per heavy atom. The highest BCUT2D eigenvalue weighted by atomic mass is 19.1. The first-order valence-corrected chi connectivity index (χ1v) is 10.2. The molecule has 1 heterocycles. The van der Waals surface area contributed by atoms with Crippen LogP contribution in [0, 0.1) is 5.82 Å². The average molecular weight is 418 g/mol. The fraction of sp³-hybridized carbons (Fsp3) is 0.208. The van der Waals surface area contributed by atoms with Gasteiger partial charge in [-0.05, 0) is 66.9 Å². The van der Waals surface area contributed by atoms with E-state index in [2.05, 4.69) is 10.3 Å². The molecule has 1 fully saturated rings. The number of rotatable bonds is 7. The Morgan fingerprint density at radius 1 is 1.03 bits per heavy atom. The fourth-order valence-corrected chi connectivity index (χ4v) is 3.42. The van der Waals surface area contributed by atoms with Gasteiger partial charge in [-0.1, -0.05) is 12.1 Å². The molecule has 1 saturated carbocycles. The highest BCUT2D eigenvalue weighted by Crippen LogP contribution is 2.33. The van der Waals surface area contributed by atoms with Gasteiger partial charge >= 0.3 is 0 Å². The summed E-state index contributed by atoms with van der Waals surface area (Å²) in [5.41, 5.74) is 8.89. The second-order valence-electron chi connectivity index (χ2n) is 7.59. The highest BCUT2D eigenvalue weighted by molar-refractivity contribution is 6.04. The van der Waals surface area contributed by atoms with E-state index in [1.807, 2.05) is 0 Å². The zero-order valence-corrected chi connectivity index (χ0v) is 16.9. The van der Waals surface area contributed by atoms with E-state index in [4.69, 9.17) is 5.73 Å². The van der Waals surface area contributed by atoms with E-state index in [1.165, 1.54) is 12.1 Å². The molecule has 158 valence electrons. The van der Waals surface area contributed by atoms with Crippen LogP contribution in [0.2, 0.25) is 0 Å². The first-order chi connectivity index (χ1) is 15.0. The lowest BCUT2D eigenvalue weighted by Crippen LogP contribution is -2.35. The predicted octanol–water partition coefficient (Wildman–Crippen LogP) is 4.06. The number of hydrogen-bond acceptors (Lipinski definition) is 4. The summed E-state index contributed by atoms with van der Waals surface area (Å²) >= 11 is 0. The van der Waals surface area contributed by atoms with Gasteiger partial charge in [-0.25, -0.2) is 4.39 Å². The van der Waals surface area contributed by atoms with Crippen LogP contribution in [0.25, 0.3) is 0 Å². The largest absolute Gasteiger partial charge is 0.324 e. The monoisotopic (exact) mass is 418 g/mol. The van der Waals surface area contributed by atoms with Crippen molar-refractivity contribution in [2.24, 2.45) is 5.73 Å². The number of pyridine rings is 1. The molecule has 0 bridgehead atoms. The molecule has 31 heavy (non-hydrogen) atoms. The minimum atomic E-state index is -0.508. The van der Waals surface area contributed by atoms with Gasteiger partial charge in [-0.2, -0.15) is 0 Å². The summed E-state index contributed by atoms with van der Waals surface area (Å²) in [5.74, 6) is -0.670. The summed E-state index contributed by atoms with van der Waals surface area (Å²) in [4.78, 5) is 31.0. The summed E-state index contributed by atoms with van der Waals surface area (Å²) in [6, 6.07) is 15.9. The molecule has 4 rings (SSSR count). The summed E-state index contributed by atoms with van der Waals surface area (Å²) < 4.78 is 13.3. The number of hydrogen-bond donors (Lipinski definition) is 2. The van der Waals surface area contributed by atoms with E-state index in [1.54, 1.807) is 65.8 Å². The molecule has 1 aliphatic rings. The fourth-order valence-electron chi connectivity index (χ4n) is 3.42. The van der Waals surface area contributed by atoms with Gasteiger partial charge in [0.25, 0.3) is 5.91 Å². The van der Waals surface area contributed by atoms with Crippen LogP contribution in [0.15, 0.2) is 73.1 Å². The van der Waals surface area contributed by atoms with E-state index < -0.39 is 6.04 Å². The minimum Gasteiger partial charge on any atom is -0.324 e. The van der Waals surface area contributed by atoms with Crippen LogP contribution < -0.4 is 16.0 Å². The molecule has 0 aliphatic heterocycles. The van der Waals surface area contributed by atoms with Crippen molar-refractivity contribution in [1.29, 1.82) is 0 Å². The quantitative estimate of drug-likeness (QED) is 0.606. The Balaban J connectivity index is 1.40. The Morgan fingerprint density at radius 3 is 2.29 bits per heavy atom. The Bertz CT molecular complexity index is 1050. The maximum absolute atomic E-state index is 13.3. The predicted molar refractivity (Wildman–Crippen MR) is 117 cm³/mol. The van der Waals surface area contributed by atoms with Crippen molar-refractivity contribution in [3.63, 3.8) is 0 Å². The van der Waals surface area contributed by atoms with Crippen LogP contribution >= 0.6 is 0 Å². The second kappa shape index (κ2) is 9.06. The lowest BCUT2D eigenvalue weighted by atomic mass is 10.0. The van der Waals surface area contributed by atoms with Gasteiger partial charge < -0.3 is 16.0 Å². The number of nitrogens with two attached hydrogens (primary N) is 1. The van der Waals surface area contributed by atoms with Crippen molar-refractivity contribution in [2.75, 3.05) is 10.2 Å². The first-order valence-electron chi connectivity index (χ1n) is 10.2. The Hall–Kier alpha value is -3.58. The first kappa shape index (κ1) is 20.7. The minimum absolute atomic E-state index is 0.0962. The lowest BCUT2D eigenvalue weighted by Gasteiger charge is -2.24. The van der Waals surface area contributed by atoms with E-state index >= 15 is 0 Å². The number of nitrogens with one attached hydrogen (secondary N) is 1. The second-order valence-corrected chi connectivity index (χ2v) is 7.59. The average Bonchev–Trinajstić information content (AvgIpc) is 3.61. The molecule has 3 aromatic rings. The number of nitrogens with zero attached hydrogens (tertiary/aromatic N) is 2. The van der Waals surface area contributed by atoms with Gasteiger partial charge in [0.05, 0.1) is 0 Å². The van der Waals surface area contributed by atoms with Crippen LogP contribution in [0.3, 0.4) is 0 Å². The van der Waals surface area contributed by atoms with Crippen molar-refractivity contribution in [3.8, 4) is 0 Å². The molecular weight excluding hydrogens is 395 g/mol. The van der Waals surface area contributed by atoms with Crippen LogP contribution in [0.4, 0.5) is 15.8 Å². The van der Waals surface area contributed by atoms with E-state index in [-0.39, 0.29) is 30.1 Å². The molecular formula is C24H23FN4O2. The molecule has 7 heteroatoms. The van der Waals surface area contributed by atoms with Gasteiger partial charge in [0.15, 0.2) is 0 Å². The van der Waals surface area contributed by atoms with E-state index in [0.717, 1.165) is 18.4 Å². The Labute approximate surface area is 179 Å². The normalized spacial score (nSPS) is 14.0. The van der Waals surface area contributed by atoms with E-state index in [0.29, 0.717) is 16.9 Å². The van der Waals surface area contributed by atoms with Gasteiger partial charge in [-0.3, -0.25) is 14.6 Å². The van der Waals surface area contributed by atoms with Crippen molar-refractivity contribution in [2.45, 2.75) is 31.3 Å². The molecule has 1 unspecified atom stereocenters. The lowest BCUT2D eigenvalue weighted by molar-refractivity contribution is -0.119. The van der Waals surface area contributed by atoms with Gasteiger partial charge in [-0.15, -0.1) is 0 Å². The number of carbonyl (C=O) groups excluding carboxylic acids is 2. The van der Waals surface area contributed by atoms with Crippen molar-refractivity contribution < 1.29 is 14.0 Å². The molecule has 3 N–H and O–H groups in total. The Kier molecular flexibility index (Phi) is 6.04. The smallest absolute Gasteiger partial charge is 0.255 e. The third-order valence-corrected chi connectivity index (χ3v) is 5.22. The highest BCUT2D eigenvalue weighted by Gasteiger charge is 2.34. The SMILES string of the molecule is NC(CC(=O)N(c1ccc(F)cc1)C1CC1)c1ccc(C(=O)Nc2ccncc2)cc1. The number of carbonyl (C=O) groups is 2. The maximum Gasteiger partial charge on any atom is 0.255 e. The van der Waals surface area contributed by atoms with Gasteiger partial charge in [0.2, 0.25) is 5.91 Å². The standard InChI is InChI=1S/C24H23FN4O2/c25-18-5-7-20(8-6-18)29(21-9-10-21)23(30)15-22(26)16-1-3-17(4-2-16)24(31)28-19-11-13-27-14-12-19/h1-8,11-14,21-22H,9-10,15,26H2,(H,27,28,31). The summed E-state index contributed by atoms with van der Waals surface area (Å²) in [5, 5.41) is 2.80. The number of benzene rings is 2. The van der Waals surface area contributed by atoms with Crippen molar-refractivity contribution in [1.82, 2.24) is 4.98 Å². The zero-order valence-electron chi connectivity index (χ0n) is 16.9. The molecule has 6 nitrogen and oxygen atoms in total. The molecule has 2 amide bonds. The van der Waals surface area contributed by atoms with Crippen LogP contribution in [0.5, 0.6) is 0 Å².